The molecule has 0 aromatic heterocycles. The van der Waals surface area contributed by atoms with Crippen LogP contribution in [0.4, 0.5) is 0 Å². The summed E-state index contributed by atoms with van der Waals surface area (Å²) in [6, 6.07) is 0. The summed E-state index contributed by atoms with van der Waals surface area (Å²) < 4.78 is 0. The Balaban J connectivity index is 1.60. The summed E-state index contributed by atoms with van der Waals surface area (Å²) in [5.74, 6) is 2.59. The molecule has 0 N–H and O–H groups in total. The average molecular weight is 266 g/mol. The van der Waals surface area contributed by atoms with E-state index in [4.69, 9.17) is 0 Å². The average Bonchev–Trinajstić information content (AvgIpc) is 3.13. The Morgan fingerprint density at radius 1 is 0.850 bits per heavy atom. The van der Waals surface area contributed by atoms with E-state index in [-0.39, 0.29) is 0 Å². The monoisotopic (exact) mass is 266 g/mol. The van der Waals surface area contributed by atoms with Gasteiger partial charge >= 0.3 is 0 Å². The molecule has 0 bridgehead atoms. The van der Waals surface area contributed by atoms with E-state index in [0.717, 1.165) is 17.8 Å². The van der Waals surface area contributed by atoms with Crippen LogP contribution in [0.3, 0.4) is 0 Å². The molecule has 4 aliphatic rings. The second-order valence-corrected chi connectivity index (χ2v) is 7.17. The highest BCUT2D eigenvalue weighted by Gasteiger charge is 2.35. The Bertz CT molecular complexity index is 478. The first-order valence-electron chi connectivity index (χ1n) is 8.61. The third-order valence-corrected chi connectivity index (χ3v) is 6.23. The standard InChI is InChI=1S/C20H26/c1-14(17-10-2-6-15-8-4-12-19(15)17)18-11-3-7-16-9-5-13-20(16)18/h4-5,8-9,14,17-18H,2-3,6-7,10-13H2,1H3. The Morgan fingerprint density at radius 2 is 1.35 bits per heavy atom. The van der Waals surface area contributed by atoms with Gasteiger partial charge in [0.05, 0.1) is 0 Å². The Labute approximate surface area is 123 Å². The van der Waals surface area contributed by atoms with Crippen molar-refractivity contribution in [2.24, 2.45) is 17.8 Å². The quantitative estimate of drug-likeness (QED) is 0.598. The van der Waals surface area contributed by atoms with Crippen molar-refractivity contribution in [3.63, 3.8) is 0 Å². The first kappa shape index (κ1) is 12.7. The molecule has 2 atom stereocenters. The van der Waals surface area contributed by atoms with Gasteiger partial charge in [-0.1, -0.05) is 42.4 Å². The van der Waals surface area contributed by atoms with Crippen molar-refractivity contribution in [3.8, 4) is 0 Å². The van der Waals surface area contributed by atoms with Crippen molar-refractivity contribution in [2.45, 2.75) is 58.3 Å². The van der Waals surface area contributed by atoms with Crippen LogP contribution in [0.2, 0.25) is 0 Å². The molecule has 20 heavy (non-hydrogen) atoms. The molecule has 4 rings (SSSR count). The first-order valence-corrected chi connectivity index (χ1v) is 8.61. The molecule has 0 saturated heterocycles. The third-order valence-electron chi connectivity index (χ3n) is 6.23. The largest absolute Gasteiger partial charge is 0.0802 e. The zero-order valence-electron chi connectivity index (χ0n) is 12.7. The maximum atomic E-state index is 2.55. The molecule has 0 heterocycles. The van der Waals surface area contributed by atoms with Crippen LogP contribution in [0.15, 0.2) is 46.6 Å². The number of rotatable bonds is 2. The highest BCUT2D eigenvalue weighted by atomic mass is 14.4. The second kappa shape index (κ2) is 5.06. The maximum absolute atomic E-state index is 2.55. The fraction of sp³-hybridized carbons (Fsp3) is 0.600. The van der Waals surface area contributed by atoms with Crippen molar-refractivity contribution in [1.29, 1.82) is 0 Å². The minimum Gasteiger partial charge on any atom is -0.0802 e. The van der Waals surface area contributed by atoms with Crippen LogP contribution in [-0.4, -0.2) is 0 Å². The normalized spacial score (nSPS) is 33.6. The minimum atomic E-state index is 0.852. The van der Waals surface area contributed by atoms with Crippen molar-refractivity contribution in [2.75, 3.05) is 0 Å². The molecule has 0 fully saturated rings. The molecule has 0 nitrogen and oxygen atoms in total. The van der Waals surface area contributed by atoms with Crippen LogP contribution in [0.1, 0.15) is 58.3 Å². The van der Waals surface area contributed by atoms with E-state index in [1.54, 1.807) is 11.1 Å². The molecular weight excluding hydrogens is 240 g/mol. The molecule has 0 amide bonds. The number of hydrogen-bond acceptors (Lipinski definition) is 0. The van der Waals surface area contributed by atoms with Gasteiger partial charge in [0.15, 0.2) is 0 Å². The van der Waals surface area contributed by atoms with Gasteiger partial charge in [-0.05, 0) is 80.3 Å². The molecular formula is C20H26. The molecule has 0 saturated carbocycles. The third kappa shape index (κ3) is 1.96. The summed E-state index contributed by atoms with van der Waals surface area (Å²) in [5.41, 5.74) is 7.01. The van der Waals surface area contributed by atoms with E-state index in [9.17, 15) is 0 Å². The van der Waals surface area contributed by atoms with Crippen LogP contribution in [0.25, 0.3) is 0 Å². The van der Waals surface area contributed by atoms with Crippen LogP contribution >= 0.6 is 0 Å². The minimum absolute atomic E-state index is 0.852. The highest BCUT2D eigenvalue weighted by Crippen LogP contribution is 2.48. The Morgan fingerprint density at radius 3 is 1.85 bits per heavy atom. The fourth-order valence-electron chi connectivity index (χ4n) is 5.21. The first-order chi connectivity index (χ1) is 9.84. The Kier molecular flexibility index (Phi) is 3.21. The summed E-state index contributed by atoms with van der Waals surface area (Å²) in [4.78, 5) is 0. The van der Waals surface area contributed by atoms with Gasteiger partial charge in [0, 0.05) is 0 Å². The summed E-state index contributed by atoms with van der Waals surface area (Å²) in [6.07, 6.45) is 20.5. The van der Waals surface area contributed by atoms with Gasteiger partial charge in [0.1, 0.15) is 0 Å². The molecule has 0 radical (unpaired) electrons. The SMILES string of the molecule is CC(C1CCCC2=C1CC=C2)C1CCCC2=C1CC=C2. The van der Waals surface area contributed by atoms with Crippen molar-refractivity contribution in [1.82, 2.24) is 0 Å². The Hall–Kier alpha value is -1.04. The zero-order chi connectivity index (χ0) is 13.5. The van der Waals surface area contributed by atoms with Gasteiger partial charge < -0.3 is 0 Å². The maximum Gasteiger partial charge on any atom is -0.0127 e. The molecule has 4 aliphatic carbocycles. The van der Waals surface area contributed by atoms with Crippen molar-refractivity contribution >= 4 is 0 Å². The lowest BCUT2D eigenvalue weighted by atomic mass is 9.67. The van der Waals surface area contributed by atoms with E-state index in [1.165, 1.54) is 51.4 Å². The fourth-order valence-corrected chi connectivity index (χ4v) is 5.21. The highest BCUT2D eigenvalue weighted by molar-refractivity contribution is 5.40. The van der Waals surface area contributed by atoms with E-state index in [1.807, 2.05) is 11.1 Å². The lowest BCUT2D eigenvalue weighted by molar-refractivity contribution is 0.256. The molecule has 0 aliphatic heterocycles. The second-order valence-electron chi connectivity index (χ2n) is 7.17. The lowest BCUT2D eigenvalue weighted by Crippen LogP contribution is -2.27. The summed E-state index contributed by atoms with van der Waals surface area (Å²) in [5, 5.41) is 0. The predicted molar refractivity (Wildman–Crippen MR) is 85.4 cm³/mol. The van der Waals surface area contributed by atoms with Crippen molar-refractivity contribution < 1.29 is 0 Å². The van der Waals surface area contributed by atoms with Crippen LogP contribution in [-0.2, 0) is 0 Å². The van der Waals surface area contributed by atoms with Gasteiger partial charge in [-0.3, -0.25) is 0 Å². The van der Waals surface area contributed by atoms with Gasteiger partial charge in [0.25, 0.3) is 0 Å². The molecule has 0 aromatic carbocycles. The lowest BCUT2D eigenvalue weighted by Gasteiger charge is -2.38. The molecule has 0 heteroatoms. The van der Waals surface area contributed by atoms with E-state index < -0.39 is 0 Å². The smallest absolute Gasteiger partial charge is 0.0127 e. The number of allylic oxidation sites excluding steroid dienone is 8. The van der Waals surface area contributed by atoms with Gasteiger partial charge in [-0.2, -0.15) is 0 Å². The molecule has 0 spiro atoms. The summed E-state index contributed by atoms with van der Waals surface area (Å²) >= 11 is 0. The van der Waals surface area contributed by atoms with E-state index >= 15 is 0 Å². The van der Waals surface area contributed by atoms with Gasteiger partial charge in [-0.25, -0.2) is 0 Å². The number of hydrogen-bond donors (Lipinski definition) is 0. The van der Waals surface area contributed by atoms with Crippen LogP contribution in [0.5, 0.6) is 0 Å². The topological polar surface area (TPSA) is 0 Å². The molecule has 0 aromatic rings. The zero-order valence-corrected chi connectivity index (χ0v) is 12.7. The van der Waals surface area contributed by atoms with Crippen molar-refractivity contribution in [3.05, 3.63) is 46.6 Å². The van der Waals surface area contributed by atoms with E-state index in [2.05, 4.69) is 31.2 Å². The van der Waals surface area contributed by atoms with E-state index in [0.29, 0.717) is 0 Å². The van der Waals surface area contributed by atoms with Gasteiger partial charge in [0.2, 0.25) is 0 Å². The molecule has 106 valence electrons. The van der Waals surface area contributed by atoms with Crippen LogP contribution in [0, 0.1) is 17.8 Å². The summed E-state index contributed by atoms with van der Waals surface area (Å²) in [6.45, 7) is 2.55. The predicted octanol–water partition coefficient (Wildman–Crippen LogP) is 5.74. The molecule has 2 unspecified atom stereocenters. The van der Waals surface area contributed by atoms with Gasteiger partial charge in [-0.15, -0.1) is 0 Å². The van der Waals surface area contributed by atoms with Crippen LogP contribution < -0.4 is 0 Å². The summed E-state index contributed by atoms with van der Waals surface area (Å²) in [7, 11) is 0.